The third-order valence-electron chi connectivity index (χ3n) is 2.72. The highest BCUT2D eigenvalue weighted by molar-refractivity contribution is 5.67. The molecule has 2 nitrogen and oxygen atoms in total. The Bertz CT molecular complexity index is 475. The minimum atomic E-state index is 0.627. The molecule has 0 saturated heterocycles. The quantitative estimate of drug-likeness (QED) is 0.797. The molecule has 2 aromatic carbocycles. The number of methoxy groups -OCH3 is 2. The maximum atomic E-state index is 5.21. The zero-order chi connectivity index (χ0) is 12.1. The molecule has 88 valence electrons. The van der Waals surface area contributed by atoms with Crippen LogP contribution in [0.3, 0.4) is 0 Å². The van der Waals surface area contributed by atoms with Gasteiger partial charge in [0.15, 0.2) is 0 Å². The van der Waals surface area contributed by atoms with Crippen molar-refractivity contribution >= 4 is 0 Å². The standard InChI is InChI=1S/C15H16O2/c1-16-11-13-5-3-4-6-15(13)12-7-9-14(17-2)10-8-12/h3-10H,11H2,1-2H3. The van der Waals surface area contributed by atoms with E-state index in [9.17, 15) is 0 Å². The molecule has 2 rings (SSSR count). The summed E-state index contributed by atoms with van der Waals surface area (Å²) in [5.74, 6) is 0.873. The number of rotatable bonds is 4. The molecule has 0 unspecified atom stereocenters. The van der Waals surface area contributed by atoms with E-state index in [2.05, 4.69) is 24.3 Å². The Hall–Kier alpha value is -1.80. The molecule has 2 heteroatoms. The summed E-state index contributed by atoms with van der Waals surface area (Å²) in [5, 5.41) is 0. The lowest BCUT2D eigenvalue weighted by Crippen LogP contribution is -1.91. The van der Waals surface area contributed by atoms with Crippen LogP contribution in [0.4, 0.5) is 0 Å². The molecule has 2 aromatic rings. The van der Waals surface area contributed by atoms with Crippen LogP contribution < -0.4 is 4.74 Å². The van der Waals surface area contributed by atoms with Crippen molar-refractivity contribution in [1.82, 2.24) is 0 Å². The lowest BCUT2D eigenvalue weighted by Gasteiger charge is -2.09. The van der Waals surface area contributed by atoms with Gasteiger partial charge in [0, 0.05) is 7.11 Å². The van der Waals surface area contributed by atoms with Gasteiger partial charge < -0.3 is 9.47 Å². The highest BCUT2D eigenvalue weighted by atomic mass is 16.5. The first-order valence-electron chi connectivity index (χ1n) is 5.56. The van der Waals surface area contributed by atoms with Crippen LogP contribution in [0.15, 0.2) is 48.5 Å². The van der Waals surface area contributed by atoms with Gasteiger partial charge in [0.2, 0.25) is 0 Å². The van der Waals surface area contributed by atoms with E-state index in [0.717, 1.165) is 5.75 Å². The highest BCUT2D eigenvalue weighted by Crippen LogP contribution is 2.26. The number of benzene rings is 2. The van der Waals surface area contributed by atoms with Crippen molar-refractivity contribution in [2.24, 2.45) is 0 Å². The second-order valence-corrected chi connectivity index (χ2v) is 3.82. The third-order valence-corrected chi connectivity index (χ3v) is 2.72. The molecular weight excluding hydrogens is 212 g/mol. The fraction of sp³-hybridized carbons (Fsp3) is 0.200. The second-order valence-electron chi connectivity index (χ2n) is 3.82. The monoisotopic (exact) mass is 228 g/mol. The molecule has 0 amide bonds. The van der Waals surface area contributed by atoms with Gasteiger partial charge >= 0.3 is 0 Å². The Morgan fingerprint density at radius 2 is 1.59 bits per heavy atom. The lowest BCUT2D eigenvalue weighted by molar-refractivity contribution is 0.185. The molecular formula is C15H16O2. The summed E-state index contributed by atoms with van der Waals surface area (Å²) in [7, 11) is 3.39. The van der Waals surface area contributed by atoms with E-state index in [0.29, 0.717) is 6.61 Å². The maximum absolute atomic E-state index is 5.21. The van der Waals surface area contributed by atoms with Gasteiger partial charge in [0.05, 0.1) is 13.7 Å². The zero-order valence-corrected chi connectivity index (χ0v) is 10.1. The molecule has 0 heterocycles. The molecule has 0 fully saturated rings. The van der Waals surface area contributed by atoms with Crippen LogP contribution >= 0.6 is 0 Å². The normalized spacial score (nSPS) is 10.2. The van der Waals surface area contributed by atoms with E-state index in [1.54, 1.807) is 14.2 Å². The van der Waals surface area contributed by atoms with Gasteiger partial charge in [0.1, 0.15) is 5.75 Å². The van der Waals surface area contributed by atoms with Crippen LogP contribution in [0.1, 0.15) is 5.56 Å². The summed E-state index contributed by atoms with van der Waals surface area (Å²) in [6.45, 7) is 0.627. The molecule has 0 aliphatic heterocycles. The summed E-state index contributed by atoms with van der Waals surface area (Å²) in [4.78, 5) is 0. The smallest absolute Gasteiger partial charge is 0.118 e. The number of ether oxygens (including phenoxy) is 2. The fourth-order valence-electron chi connectivity index (χ4n) is 1.85. The van der Waals surface area contributed by atoms with Crippen molar-refractivity contribution in [3.63, 3.8) is 0 Å². The van der Waals surface area contributed by atoms with Crippen molar-refractivity contribution < 1.29 is 9.47 Å². The first-order valence-corrected chi connectivity index (χ1v) is 5.56. The molecule has 0 aromatic heterocycles. The van der Waals surface area contributed by atoms with Crippen molar-refractivity contribution in [2.45, 2.75) is 6.61 Å². The van der Waals surface area contributed by atoms with Crippen LogP contribution in [0.5, 0.6) is 5.75 Å². The minimum Gasteiger partial charge on any atom is -0.497 e. The average Bonchev–Trinajstić information content (AvgIpc) is 2.40. The van der Waals surface area contributed by atoms with Gasteiger partial charge in [-0.05, 0) is 28.8 Å². The predicted octanol–water partition coefficient (Wildman–Crippen LogP) is 3.51. The van der Waals surface area contributed by atoms with E-state index in [1.165, 1.54) is 16.7 Å². The summed E-state index contributed by atoms with van der Waals surface area (Å²) in [6.07, 6.45) is 0. The Kier molecular flexibility index (Phi) is 3.78. The van der Waals surface area contributed by atoms with Crippen molar-refractivity contribution in [3.8, 4) is 16.9 Å². The van der Waals surface area contributed by atoms with Gasteiger partial charge in [-0.3, -0.25) is 0 Å². The molecule has 0 bridgehead atoms. The summed E-state index contributed by atoms with van der Waals surface area (Å²) in [6, 6.07) is 16.3. The van der Waals surface area contributed by atoms with Crippen molar-refractivity contribution in [2.75, 3.05) is 14.2 Å². The van der Waals surface area contributed by atoms with E-state index in [1.807, 2.05) is 24.3 Å². The Labute approximate surface area is 102 Å². The first-order chi connectivity index (χ1) is 8.35. The summed E-state index contributed by atoms with van der Waals surface area (Å²) < 4.78 is 10.4. The minimum absolute atomic E-state index is 0.627. The summed E-state index contributed by atoms with van der Waals surface area (Å²) >= 11 is 0. The Morgan fingerprint density at radius 1 is 0.882 bits per heavy atom. The molecule has 0 spiro atoms. The average molecular weight is 228 g/mol. The second kappa shape index (κ2) is 5.51. The van der Waals surface area contributed by atoms with Crippen LogP contribution in [-0.4, -0.2) is 14.2 Å². The molecule has 0 atom stereocenters. The van der Waals surface area contributed by atoms with Crippen LogP contribution in [0, 0.1) is 0 Å². The topological polar surface area (TPSA) is 18.5 Å². The van der Waals surface area contributed by atoms with Crippen LogP contribution in [-0.2, 0) is 11.3 Å². The van der Waals surface area contributed by atoms with Crippen LogP contribution in [0.25, 0.3) is 11.1 Å². The number of hydrogen-bond acceptors (Lipinski definition) is 2. The molecule has 0 aliphatic rings. The van der Waals surface area contributed by atoms with Gasteiger partial charge in [-0.1, -0.05) is 36.4 Å². The van der Waals surface area contributed by atoms with E-state index >= 15 is 0 Å². The van der Waals surface area contributed by atoms with Gasteiger partial charge in [-0.2, -0.15) is 0 Å². The predicted molar refractivity (Wildman–Crippen MR) is 69.1 cm³/mol. The van der Waals surface area contributed by atoms with Gasteiger partial charge in [0.25, 0.3) is 0 Å². The third kappa shape index (κ3) is 2.66. The SMILES string of the molecule is COCc1ccccc1-c1ccc(OC)cc1. The molecule has 0 N–H and O–H groups in total. The van der Waals surface area contributed by atoms with E-state index in [4.69, 9.17) is 9.47 Å². The molecule has 17 heavy (non-hydrogen) atoms. The van der Waals surface area contributed by atoms with Crippen LogP contribution in [0.2, 0.25) is 0 Å². The Balaban J connectivity index is 2.37. The largest absolute Gasteiger partial charge is 0.497 e. The lowest BCUT2D eigenvalue weighted by atomic mass is 10.0. The number of hydrogen-bond donors (Lipinski definition) is 0. The molecule has 0 aliphatic carbocycles. The molecule has 0 saturated carbocycles. The van der Waals surface area contributed by atoms with Gasteiger partial charge in [-0.15, -0.1) is 0 Å². The van der Waals surface area contributed by atoms with Gasteiger partial charge in [-0.25, -0.2) is 0 Å². The summed E-state index contributed by atoms with van der Waals surface area (Å²) in [5.41, 5.74) is 3.58. The Morgan fingerprint density at radius 3 is 2.24 bits per heavy atom. The van der Waals surface area contributed by atoms with E-state index in [-0.39, 0.29) is 0 Å². The van der Waals surface area contributed by atoms with Crippen molar-refractivity contribution in [1.29, 1.82) is 0 Å². The zero-order valence-electron chi connectivity index (χ0n) is 10.1. The van der Waals surface area contributed by atoms with E-state index < -0.39 is 0 Å². The first kappa shape index (κ1) is 11.7. The maximum Gasteiger partial charge on any atom is 0.118 e. The fourth-order valence-corrected chi connectivity index (χ4v) is 1.85. The van der Waals surface area contributed by atoms with Crippen molar-refractivity contribution in [3.05, 3.63) is 54.1 Å². The molecule has 0 radical (unpaired) electrons. The highest BCUT2D eigenvalue weighted by Gasteiger charge is 2.04.